The van der Waals surface area contributed by atoms with Gasteiger partial charge in [-0.15, -0.1) is 0 Å². The van der Waals surface area contributed by atoms with E-state index in [1.165, 1.54) is 6.26 Å². The fraction of sp³-hybridized carbons (Fsp3) is 0.444. The molecule has 0 aromatic carbocycles. The highest BCUT2D eigenvalue weighted by Gasteiger charge is 2.09. The van der Waals surface area contributed by atoms with E-state index in [1.54, 1.807) is 0 Å². The van der Waals surface area contributed by atoms with Crippen molar-refractivity contribution >= 4 is 5.97 Å². The third-order valence-electron chi connectivity index (χ3n) is 1.19. The van der Waals surface area contributed by atoms with Gasteiger partial charge in [-0.25, -0.2) is 4.79 Å². The van der Waals surface area contributed by atoms with Crippen LogP contribution in [0.4, 0.5) is 0 Å². The normalized spacial score (nSPS) is 11.4. The molecule has 3 heteroatoms. The molecule has 0 saturated carbocycles. The SMILES string of the molecule is C=COC(CCC)OC(=O)C=C. The summed E-state index contributed by atoms with van der Waals surface area (Å²) in [6.07, 6.45) is 3.37. The minimum absolute atomic E-state index is 0.477. The number of hydrogen-bond donors (Lipinski definition) is 0. The van der Waals surface area contributed by atoms with Crippen molar-refractivity contribution < 1.29 is 14.3 Å². The lowest BCUT2D eigenvalue weighted by Crippen LogP contribution is -2.17. The van der Waals surface area contributed by atoms with E-state index in [4.69, 9.17) is 9.47 Å². The largest absolute Gasteiger partial charge is 0.463 e. The third kappa shape index (κ3) is 4.55. The molecular weight excluding hydrogens is 156 g/mol. The molecule has 1 unspecified atom stereocenters. The van der Waals surface area contributed by atoms with Crippen LogP contribution >= 0.6 is 0 Å². The Morgan fingerprint density at radius 1 is 1.58 bits per heavy atom. The molecule has 1 atom stereocenters. The van der Waals surface area contributed by atoms with Gasteiger partial charge in [0.2, 0.25) is 6.29 Å². The fourth-order valence-corrected chi connectivity index (χ4v) is 0.675. The Morgan fingerprint density at radius 3 is 2.67 bits per heavy atom. The van der Waals surface area contributed by atoms with Gasteiger partial charge in [-0.3, -0.25) is 0 Å². The van der Waals surface area contributed by atoms with Crippen molar-refractivity contribution in [3.8, 4) is 0 Å². The molecule has 0 amide bonds. The van der Waals surface area contributed by atoms with Crippen LogP contribution in [0.1, 0.15) is 19.8 Å². The topological polar surface area (TPSA) is 35.5 Å². The molecule has 0 rings (SSSR count). The summed E-state index contributed by atoms with van der Waals surface area (Å²) in [5.74, 6) is -0.477. The first-order valence-electron chi connectivity index (χ1n) is 3.84. The second kappa shape index (κ2) is 6.46. The highest BCUT2D eigenvalue weighted by molar-refractivity contribution is 5.81. The van der Waals surface area contributed by atoms with E-state index >= 15 is 0 Å². The highest BCUT2D eigenvalue weighted by atomic mass is 16.7. The average molecular weight is 170 g/mol. The Labute approximate surface area is 72.7 Å². The van der Waals surface area contributed by atoms with Crippen LogP contribution in [0.15, 0.2) is 25.5 Å². The van der Waals surface area contributed by atoms with Crippen LogP contribution in [-0.2, 0) is 14.3 Å². The maximum absolute atomic E-state index is 10.7. The number of carbonyl (C=O) groups excluding carboxylic acids is 1. The summed E-state index contributed by atoms with van der Waals surface area (Å²) < 4.78 is 9.76. The van der Waals surface area contributed by atoms with E-state index in [9.17, 15) is 4.79 Å². The molecular formula is C9H14O3. The monoisotopic (exact) mass is 170 g/mol. The molecule has 0 heterocycles. The molecule has 0 radical (unpaired) electrons. The Morgan fingerprint density at radius 2 is 2.25 bits per heavy atom. The van der Waals surface area contributed by atoms with Crippen molar-refractivity contribution in [2.75, 3.05) is 0 Å². The molecule has 0 saturated heterocycles. The molecule has 0 aliphatic rings. The van der Waals surface area contributed by atoms with E-state index in [0.29, 0.717) is 6.42 Å². The number of carbonyl (C=O) groups is 1. The molecule has 0 aromatic heterocycles. The number of rotatable bonds is 6. The number of esters is 1. The van der Waals surface area contributed by atoms with Gasteiger partial charge in [-0.2, -0.15) is 0 Å². The lowest BCUT2D eigenvalue weighted by atomic mass is 10.3. The molecule has 0 N–H and O–H groups in total. The van der Waals surface area contributed by atoms with Gasteiger partial charge in [-0.1, -0.05) is 20.1 Å². The van der Waals surface area contributed by atoms with Crippen molar-refractivity contribution in [2.24, 2.45) is 0 Å². The van der Waals surface area contributed by atoms with Gasteiger partial charge < -0.3 is 9.47 Å². The van der Waals surface area contributed by atoms with Gasteiger partial charge in [0.15, 0.2) is 0 Å². The minimum atomic E-state index is -0.530. The molecule has 0 fully saturated rings. The summed E-state index contributed by atoms with van der Waals surface area (Å²) in [5.41, 5.74) is 0. The van der Waals surface area contributed by atoms with Crippen LogP contribution in [0.2, 0.25) is 0 Å². The summed E-state index contributed by atoms with van der Waals surface area (Å²) in [6, 6.07) is 0. The molecule has 0 spiro atoms. The standard InChI is InChI=1S/C9H14O3/c1-4-7-9(11-6-3)12-8(10)5-2/h5-6,9H,2-4,7H2,1H3. The quantitative estimate of drug-likeness (QED) is 0.265. The zero-order chi connectivity index (χ0) is 9.40. The zero-order valence-corrected chi connectivity index (χ0v) is 7.29. The summed E-state index contributed by atoms with van der Waals surface area (Å²) in [5, 5.41) is 0. The summed E-state index contributed by atoms with van der Waals surface area (Å²) in [7, 11) is 0. The fourth-order valence-electron chi connectivity index (χ4n) is 0.675. The minimum Gasteiger partial charge on any atom is -0.463 e. The maximum Gasteiger partial charge on any atom is 0.333 e. The molecule has 3 nitrogen and oxygen atoms in total. The van der Waals surface area contributed by atoms with Crippen LogP contribution in [0, 0.1) is 0 Å². The van der Waals surface area contributed by atoms with Crippen molar-refractivity contribution in [3.63, 3.8) is 0 Å². The van der Waals surface area contributed by atoms with Crippen LogP contribution in [0.5, 0.6) is 0 Å². The Bertz CT molecular complexity index is 163. The zero-order valence-electron chi connectivity index (χ0n) is 7.29. The highest BCUT2D eigenvalue weighted by Crippen LogP contribution is 2.04. The lowest BCUT2D eigenvalue weighted by molar-refractivity contribution is -0.163. The number of hydrogen-bond acceptors (Lipinski definition) is 3. The molecule has 0 aliphatic carbocycles. The second-order valence-electron chi connectivity index (χ2n) is 2.16. The average Bonchev–Trinajstić information content (AvgIpc) is 2.05. The van der Waals surface area contributed by atoms with Crippen LogP contribution in [-0.4, -0.2) is 12.3 Å². The van der Waals surface area contributed by atoms with Crippen LogP contribution in [0.25, 0.3) is 0 Å². The first-order chi connectivity index (χ1) is 5.74. The second-order valence-corrected chi connectivity index (χ2v) is 2.16. The van der Waals surface area contributed by atoms with Gasteiger partial charge in [0.25, 0.3) is 0 Å². The first kappa shape index (κ1) is 10.8. The van der Waals surface area contributed by atoms with Gasteiger partial charge in [0.05, 0.1) is 6.26 Å². The number of ether oxygens (including phenoxy) is 2. The maximum atomic E-state index is 10.7. The summed E-state index contributed by atoms with van der Waals surface area (Å²) >= 11 is 0. The summed E-state index contributed by atoms with van der Waals surface area (Å²) in [6.45, 7) is 8.63. The summed E-state index contributed by atoms with van der Waals surface area (Å²) in [4.78, 5) is 10.7. The van der Waals surface area contributed by atoms with Crippen molar-refractivity contribution in [1.29, 1.82) is 0 Å². The molecule has 68 valence electrons. The van der Waals surface area contributed by atoms with Crippen molar-refractivity contribution in [2.45, 2.75) is 26.1 Å². The lowest BCUT2D eigenvalue weighted by Gasteiger charge is -2.14. The molecule has 0 aliphatic heterocycles. The Hall–Kier alpha value is -1.25. The van der Waals surface area contributed by atoms with Crippen molar-refractivity contribution in [1.82, 2.24) is 0 Å². The van der Waals surface area contributed by atoms with Gasteiger partial charge in [0.1, 0.15) is 0 Å². The molecule has 12 heavy (non-hydrogen) atoms. The Balaban J connectivity index is 3.83. The smallest absolute Gasteiger partial charge is 0.333 e. The van der Waals surface area contributed by atoms with E-state index in [1.807, 2.05) is 6.92 Å². The first-order valence-corrected chi connectivity index (χ1v) is 3.84. The van der Waals surface area contributed by atoms with Crippen LogP contribution < -0.4 is 0 Å². The molecule has 0 aromatic rings. The van der Waals surface area contributed by atoms with Gasteiger partial charge in [-0.05, 0) is 6.42 Å². The van der Waals surface area contributed by atoms with E-state index < -0.39 is 12.3 Å². The van der Waals surface area contributed by atoms with E-state index in [-0.39, 0.29) is 0 Å². The van der Waals surface area contributed by atoms with E-state index in [2.05, 4.69) is 13.2 Å². The van der Waals surface area contributed by atoms with E-state index in [0.717, 1.165) is 12.5 Å². The van der Waals surface area contributed by atoms with Gasteiger partial charge >= 0.3 is 5.97 Å². The molecule has 0 bridgehead atoms. The van der Waals surface area contributed by atoms with Gasteiger partial charge in [0, 0.05) is 12.5 Å². The Kier molecular flexibility index (Phi) is 5.79. The van der Waals surface area contributed by atoms with Crippen molar-refractivity contribution in [3.05, 3.63) is 25.5 Å². The van der Waals surface area contributed by atoms with Crippen LogP contribution in [0.3, 0.4) is 0 Å². The predicted molar refractivity (Wildman–Crippen MR) is 46.3 cm³/mol. The third-order valence-corrected chi connectivity index (χ3v) is 1.19. The predicted octanol–water partition coefficient (Wildman–Crippen LogP) is 2.00.